The average molecular weight is 283 g/mol. The van der Waals surface area contributed by atoms with E-state index < -0.39 is 0 Å². The second-order valence-corrected chi connectivity index (χ2v) is 5.61. The van der Waals surface area contributed by atoms with Crippen LogP contribution in [0.15, 0.2) is 24.3 Å². The highest BCUT2D eigenvalue weighted by atomic mass is 15.4. The lowest BCUT2D eigenvalue weighted by molar-refractivity contribution is 0.699. The fourth-order valence-corrected chi connectivity index (χ4v) is 2.64. The summed E-state index contributed by atoms with van der Waals surface area (Å²) in [5, 5.41) is 1.07. The highest BCUT2D eigenvalue weighted by Gasteiger charge is 2.17. The molecule has 0 aliphatic rings. The summed E-state index contributed by atoms with van der Waals surface area (Å²) in [5.74, 6) is 1.50. The van der Waals surface area contributed by atoms with Gasteiger partial charge in [-0.2, -0.15) is 0 Å². The molecule has 3 aromatic rings. The number of hydrogen-bond acceptors (Lipinski definition) is 4. The number of benzene rings is 1. The first kappa shape index (κ1) is 13.7. The van der Waals surface area contributed by atoms with Crippen molar-refractivity contribution < 1.29 is 0 Å². The second-order valence-electron chi connectivity index (χ2n) is 5.61. The molecule has 0 aliphatic carbocycles. The molecule has 2 heterocycles. The lowest BCUT2D eigenvalue weighted by Crippen LogP contribution is -2.24. The molecule has 0 aliphatic heterocycles. The van der Waals surface area contributed by atoms with Crippen LogP contribution in [0.3, 0.4) is 0 Å². The Morgan fingerprint density at radius 3 is 2.71 bits per heavy atom. The molecule has 0 radical (unpaired) electrons. The predicted molar refractivity (Wildman–Crippen MR) is 87.9 cm³/mol. The zero-order valence-corrected chi connectivity index (χ0v) is 12.7. The van der Waals surface area contributed by atoms with Gasteiger partial charge in [0.2, 0.25) is 0 Å². The first-order valence-electron chi connectivity index (χ1n) is 7.44. The lowest BCUT2D eigenvalue weighted by atomic mass is 10.2. The number of nitrogen functional groups attached to an aromatic ring is 1. The van der Waals surface area contributed by atoms with E-state index in [1.165, 1.54) is 0 Å². The van der Waals surface area contributed by atoms with Crippen LogP contribution >= 0.6 is 0 Å². The van der Waals surface area contributed by atoms with Crippen molar-refractivity contribution in [3.8, 4) is 0 Å². The predicted octanol–water partition coefficient (Wildman–Crippen LogP) is 3.07. The molecule has 3 N–H and O–H groups in total. The third kappa shape index (κ3) is 2.28. The molecule has 5 heteroatoms. The van der Waals surface area contributed by atoms with Crippen LogP contribution in [0.25, 0.3) is 21.9 Å². The van der Waals surface area contributed by atoms with E-state index in [1.54, 1.807) is 0 Å². The van der Waals surface area contributed by atoms with Gasteiger partial charge in [0, 0.05) is 17.8 Å². The molecule has 1 aromatic carbocycles. The van der Waals surface area contributed by atoms with E-state index in [1.807, 2.05) is 18.2 Å². The third-order valence-electron chi connectivity index (χ3n) is 3.45. The van der Waals surface area contributed by atoms with Crippen molar-refractivity contribution in [1.29, 1.82) is 0 Å². The second kappa shape index (κ2) is 5.24. The van der Waals surface area contributed by atoms with Crippen LogP contribution in [0.2, 0.25) is 0 Å². The lowest BCUT2D eigenvalue weighted by Gasteiger charge is -2.15. The van der Waals surface area contributed by atoms with E-state index in [2.05, 4.69) is 41.9 Å². The molecular formula is C16H21N5. The maximum Gasteiger partial charge on any atom is 0.152 e. The number of hydrogen-bond donors (Lipinski definition) is 2. The van der Waals surface area contributed by atoms with Gasteiger partial charge in [-0.1, -0.05) is 25.1 Å². The monoisotopic (exact) mass is 283 g/mol. The van der Waals surface area contributed by atoms with Gasteiger partial charge in [-0.25, -0.2) is 14.6 Å². The number of fused-ring (bicyclic) bond motifs is 3. The van der Waals surface area contributed by atoms with Gasteiger partial charge >= 0.3 is 0 Å². The van der Waals surface area contributed by atoms with Gasteiger partial charge in [-0.05, 0) is 26.3 Å². The normalized spacial score (nSPS) is 11.6. The molecular weight excluding hydrogens is 262 g/mol. The van der Waals surface area contributed by atoms with E-state index in [9.17, 15) is 0 Å². The summed E-state index contributed by atoms with van der Waals surface area (Å²) in [6.45, 7) is 6.39. The van der Waals surface area contributed by atoms with Crippen molar-refractivity contribution in [2.75, 3.05) is 11.2 Å². The summed E-state index contributed by atoms with van der Waals surface area (Å²) >= 11 is 0. The number of pyridine rings is 1. The molecule has 3 rings (SSSR count). The molecule has 0 atom stereocenters. The number of nitrogens with two attached hydrogens (primary N) is 1. The average Bonchev–Trinajstić information content (AvgIpc) is 2.79. The molecule has 0 fully saturated rings. The van der Waals surface area contributed by atoms with Crippen LogP contribution < -0.4 is 11.2 Å². The van der Waals surface area contributed by atoms with E-state index in [0.717, 1.165) is 40.6 Å². The highest BCUT2D eigenvalue weighted by Crippen LogP contribution is 2.28. The molecule has 2 aromatic heterocycles. The minimum Gasteiger partial charge on any atom is -0.382 e. The molecule has 0 spiro atoms. The quantitative estimate of drug-likeness (QED) is 0.772. The summed E-state index contributed by atoms with van der Waals surface area (Å²) in [4.78, 5) is 9.19. The van der Waals surface area contributed by atoms with Gasteiger partial charge in [0.1, 0.15) is 16.9 Å². The zero-order valence-electron chi connectivity index (χ0n) is 12.7. The molecule has 5 nitrogen and oxygen atoms in total. The van der Waals surface area contributed by atoms with Gasteiger partial charge in [0.25, 0.3) is 0 Å². The van der Waals surface area contributed by atoms with Gasteiger partial charge in [-0.15, -0.1) is 0 Å². The van der Waals surface area contributed by atoms with Crippen molar-refractivity contribution in [2.45, 2.75) is 39.7 Å². The fourth-order valence-electron chi connectivity index (χ4n) is 2.64. The van der Waals surface area contributed by atoms with Crippen LogP contribution in [0.5, 0.6) is 0 Å². The maximum atomic E-state index is 6.12. The summed E-state index contributed by atoms with van der Waals surface area (Å²) in [6, 6.07) is 8.36. The number of nitrogens with zero attached hydrogens (tertiary/aromatic N) is 3. The van der Waals surface area contributed by atoms with Crippen LogP contribution in [0.4, 0.5) is 5.82 Å². The number of imidazole rings is 1. The Balaban J connectivity index is 2.39. The minimum absolute atomic E-state index is 0.311. The van der Waals surface area contributed by atoms with Crippen molar-refractivity contribution >= 4 is 27.8 Å². The summed E-state index contributed by atoms with van der Waals surface area (Å²) in [6.07, 6.45) is 1.94. The number of anilines is 1. The minimum atomic E-state index is 0.311. The van der Waals surface area contributed by atoms with Crippen LogP contribution in [-0.2, 0) is 6.42 Å². The van der Waals surface area contributed by atoms with Gasteiger partial charge in [0.15, 0.2) is 5.82 Å². The van der Waals surface area contributed by atoms with Crippen LogP contribution in [0, 0.1) is 0 Å². The molecule has 0 bridgehead atoms. The van der Waals surface area contributed by atoms with Crippen LogP contribution in [-0.4, -0.2) is 20.7 Å². The Hall–Kier alpha value is -2.30. The summed E-state index contributed by atoms with van der Waals surface area (Å²) in [5.41, 5.74) is 12.3. The Labute approximate surface area is 124 Å². The van der Waals surface area contributed by atoms with Crippen molar-refractivity contribution in [2.24, 2.45) is 0 Å². The third-order valence-corrected chi connectivity index (χ3v) is 3.45. The number of para-hydroxylation sites is 1. The Bertz CT molecular complexity index is 788. The largest absolute Gasteiger partial charge is 0.382 e. The number of aryl methyl sites for hydroxylation is 1. The summed E-state index contributed by atoms with van der Waals surface area (Å²) in [7, 11) is 0. The smallest absolute Gasteiger partial charge is 0.152 e. The standard InChI is InChI=1S/C16H21N5/c1-4-7-13-19-14-15(21(13)20-10(2)3)11-8-5-6-9-12(11)18-16(14)17/h5-6,8-10,20H,4,7H2,1-3H3,(H2,17,18). The van der Waals surface area contributed by atoms with E-state index in [-0.39, 0.29) is 0 Å². The first-order chi connectivity index (χ1) is 10.1. The van der Waals surface area contributed by atoms with Crippen molar-refractivity contribution in [3.63, 3.8) is 0 Å². The Kier molecular flexibility index (Phi) is 3.41. The maximum absolute atomic E-state index is 6.12. The SMILES string of the molecule is CCCc1nc2c(N)nc3ccccc3c2n1NC(C)C. The number of rotatable bonds is 4. The van der Waals surface area contributed by atoms with E-state index in [4.69, 9.17) is 10.7 Å². The van der Waals surface area contributed by atoms with Gasteiger partial charge in [0.05, 0.1) is 5.52 Å². The highest BCUT2D eigenvalue weighted by molar-refractivity contribution is 6.06. The topological polar surface area (TPSA) is 68.8 Å². The van der Waals surface area contributed by atoms with Gasteiger partial charge < -0.3 is 11.2 Å². The number of aromatic nitrogens is 3. The Morgan fingerprint density at radius 2 is 2.00 bits per heavy atom. The molecule has 0 saturated carbocycles. The fraction of sp³-hybridized carbons (Fsp3) is 0.375. The van der Waals surface area contributed by atoms with E-state index in [0.29, 0.717) is 11.9 Å². The Morgan fingerprint density at radius 1 is 1.24 bits per heavy atom. The van der Waals surface area contributed by atoms with Crippen LogP contribution in [0.1, 0.15) is 33.0 Å². The zero-order chi connectivity index (χ0) is 15.0. The van der Waals surface area contributed by atoms with Crippen molar-refractivity contribution in [3.05, 3.63) is 30.1 Å². The van der Waals surface area contributed by atoms with Crippen molar-refractivity contribution in [1.82, 2.24) is 14.6 Å². The number of nitrogens with one attached hydrogen (secondary N) is 1. The summed E-state index contributed by atoms with van der Waals surface area (Å²) < 4.78 is 2.09. The van der Waals surface area contributed by atoms with Gasteiger partial charge in [-0.3, -0.25) is 0 Å². The van der Waals surface area contributed by atoms with E-state index >= 15 is 0 Å². The molecule has 0 unspecified atom stereocenters. The molecule has 0 saturated heterocycles. The molecule has 110 valence electrons. The molecule has 0 amide bonds. The molecule has 21 heavy (non-hydrogen) atoms. The first-order valence-corrected chi connectivity index (χ1v) is 7.44.